The normalized spacial score (nSPS) is 18.3. The molecule has 202 valence electrons. The van der Waals surface area contributed by atoms with E-state index in [1.165, 1.54) is 6.07 Å². The molecule has 0 spiro atoms. The summed E-state index contributed by atoms with van der Waals surface area (Å²) >= 11 is 0. The van der Waals surface area contributed by atoms with Crippen LogP contribution >= 0.6 is 0 Å². The molecule has 0 saturated carbocycles. The van der Waals surface area contributed by atoms with Crippen molar-refractivity contribution in [2.45, 2.75) is 20.0 Å². The smallest absolute Gasteiger partial charge is 0.252 e. The number of carbonyl (C=O) groups excluding carboxylic acids is 1. The lowest BCUT2D eigenvalue weighted by Crippen LogP contribution is -2.47. The number of aromatic amines is 1. The predicted octanol–water partition coefficient (Wildman–Crippen LogP) is 2.49. The van der Waals surface area contributed by atoms with Gasteiger partial charge in [-0.05, 0) is 25.1 Å². The Bertz CT molecular complexity index is 1610. The van der Waals surface area contributed by atoms with E-state index in [1.54, 1.807) is 17.2 Å². The highest BCUT2D eigenvalue weighted by Crippen LogP contribution is 2.34. The summed E-state index contributed by atoms with van der Waals surface area (Å²) in [5, 5.41) is 0.735. The first-order valence-electron chi connectivity index (χ1n) is 13.3. The molecular weight excluding hydrogens is 503 g/mol. The third kappa shape index (κ3) is 4.10. The van der Waals surface area contributed by atoms with Crippen LogP contribution in [0.3, 0.4) is 0 Å². The van der Waals surface area contributed by atoms with Gasteiger partial charge in [-0.1, -0.05) is 0 Å². The number of nitrogens with one attached hydrogen (secondary N) is 1. The highest BCUT2D eigenvalue weighted by atomic mass is 19.1. The van der Waals surface area contributed by atoms with Crippen LogP contribution in [-0.2, 0) is 27.4 Å². The van der Waals surface area contributed by atoms with E-state index in [0.29, 0.717) is 87.5 Å². The summed E-state index contributed by atoms with van der Waals surface area (Å²) in [5.74, 6) is 1.48. The third-order valence-electron chi connectivity index (χ3n) is 7.60. The number of aryl methyl sites for hydroxylation is 1. The minimum absolute atomic E-state index is 0.00409. The number of benzene rings is 1. The van der Waals surface area contributed by atoms with Gasteiger partial charge in [-0.25, -0.2) is 19.3 Å². The van der Waals surface area contributed by atoms with Gasteiger partial charge in [-0.2, -0.15) is 0 Å². The third-order valence-corrected chi connectivity index (χ3v) is 7.60. The van der Waals surface area contributed by atoms with Crippen molar-refractivity contribution < 1.29 is 18.7 Å². The molecule has 0 aliphatic carbocycles. The Morgan fingerprint density at radius 1 is 1.03 bits per heavy atom. The number of fused-ring (bicyclic) bond motifs is 3. The first kappa shape index (κ1) is 24.0. The second-order valence-corrected chi connectivity index (χ2v) is 9.91. The van der Waals surface area contributed by atoms with Gasteiger partial charge in [-0.3, -0.25) is 4.79 Å². The van der Waals surface area contributed by atoms with E-state index >= 15 is 4.39 Å². The van der Waals surface area contributed by atoms with Crippen molar-refractivity contribution in [3.05, 3.63) is 47.9 Å². The molecule has 7 rings (SSSR count). The van der Waals surface area contributed by atoms with E-state index in [9.17, 15) is 4.79 Å². The maximum Gasteiger partial charge on any atom is 0.252 e. The van der Waals surface area contributed by atoms with Crippen molar-refractivity contribution in [3.8, 4) is 11.4 Å². The van der Waals surface area contributed by atoms with Crippen molar-refractivity contribution in [2.75, 3.05) is 57.5 Å². The molecule has 3 aliphatic heterocycles. The number of aromatic nitrogens is 5. The Kier molecular flexibility index (Phi) is 5.93. The fraction of sp³-hybridized carbons (Fsp3) is 0.407. The van der Waals surface area contributed by atoms with Crippen LogP contribution in [0.25, 0.3) is 33.5 Å². The monoisotopic (exact) mass is 532 g/mol. The summed E-state index contributed by atoms with van der Waals surface area (Å²) in [6.45, 7) is 7.58. The van der Waals surface area contributed by atoms with E-state index in [0.717, 1.165) is 22.4 Å². The van der Waals surface area contributed by atoms with Gasteiger partial charge in [0.05, 0.1) is 37.6 Å². The lowest BCUT2D eigenvalue weighted by Gasteiger charge is -2.37. The second kappa shape index (κ2) is 9.62. The largest absolute Gasteiger partial charge is 0.378 e. The first-order chi connectivity index (χ1) is 19.1. The van der Waals surface area contributed by atoms with Gasteiger partial charge in [0.15, 0.2) is 22.8 Å². The van der Waals surface area contributed by atoms with Crippen LogP contribution in [0.15, 0.2) is 36.3 Å². The number of amides is 1. The van der Waals surface area contributed by atoms with Crippen LogP contribution in [0.1, 0.15) is 12.7 Å². The SMILES string of the molecule is CCn1c(CN2C=C3COCC(=O)N3CC2)nc2c(N3CCOCC3)nc(-c3c(F)ccc4[nH]ccc34)nc21. The van der Waals surface area contributed by atoms with Gasteiger partial charge in [0.25, 0.3) is 5.91 Å². The van der Waals surface area contributed by atoms with Crippen molar-refractivity contribution in [1.82, 2.24) is 34.3 Å². The molecule has 1 amide bonds. The number of hydrogen-bond donors (Lipinski definition) is 1. The van der Waals surface area contributed by atoms with Gasteiger partial charge >= 0.3 is 0 Å². The van der Waals surface area contributed by atoms with Crippen LogP contribution in [0.5, 0.6) is 0 Å². The molecule has 11 nitrogen and oxygen atoms in total. The van der Waals surface area contributed by atoms with Crippen molar-refractivity contribution >= 4 is 33.8 Å². The molecule has 6 heterocycles. The number of nitrogens with zero attached hydrogens (tertiary/aromatic N) is 7. The zero-order valence-electron chi connectivity index (χ0n) is 21.7. The average Bonchev–Trinajstić information content (AvgIpc) is 3.57. The van der Waals surface area contributed by atoms with Crippen molar-refractivity contribution in [2.24, 2.45) is 0 Å². The van der Waals surface area contributed by atoms with Crippen LogP contribution in [-0.4, -0.2) is 92.8 Å². The molecule has 1 N–H and O–H groups in total. The molecule has 4 aromatic rings. The lowest BCUT2D eigenvalue weighted by molar-refractivity contribution is -0.139. The topological polar surface area (TPSA) is 105 Å². The first-order valence-corrected chi connectivity index (χ1v) is 13.3. The maximum absolute atomic E-state index is 15.3. The minimum atomic E-state index is -0.370. The van der Waals surface area contributed by atoms with Gasteiger partial charge in [0, 0.05) is 56.0 Å². The maximum atomic E-state index is 15.3. The highest BCUT2D eigenvalue weighted by Gasteiger charge is 2.29. The van der Waals surface area contributed by atoms with E-state index in [-0.39, 0.29) is 18.3 Å². The van der Waals surface area contributed by atoms with Crippen LogP contribution in [0, 0.1) is 5.82 Å². The van der Waals surface area contributed by atoms with Gasteiger partial charge in [0.1, 0.15) is 18.2 Å². The predicted molar refractivity (Wildman–Crippen MR) is 142 cm³/mol. The van der Waals surface area contributed by atoms with E-state index in [4.69, 9.17) is 24.4 Å². The van der Waals surface area contributed by atoms with Gasteiger partial charge in [-0.15, -0.1) is 0 Å². The Balaban J connectivity index is 1.35. The number of hydrogen-bond acceptors (Lipinski definition) is 8. The molecular formula is C27H29FN8O3. The number of H-pyrrole nitrogens is 1. The molecule has 0 atom stereocenters. The molecule has 2 saturated heterocycles. The minimum Gasteiger partial charge on any atom is -0.378 e. The number of carbonyl (C=O) groups is 1. The molecule has 12 heteroatoms. The number of ether oxygens (including phenoxy) is 2. The van der Waals surface area contributed by atoms with Crippen molar-refractivity contribution in [1.29, 1.82) is 0 Å². The Hall–Kier alpha value is -4.03. The van der Waals surface area contributed by atoms with Crippen LogP contribution in [0.4, 0.5) is 10.2 Å². The average molecular weight is 533 g/mol. The molecule has 0 radical (unpaired) electrons. The van der Waals surface area contributed by atoms with Crippen molar-refractivity contribution in [3.63, 3.8) is 0 Å². The summed E-state index contributed by atoms with van der Waals surface area (Å²) in [4.78, 5) is 36.4. The molecule has 2 fully saturated rings. The van der Waals surface area contributed by atoms with Crippen LogP contribution < -0.4 is 4.90 Å². The molecule has 0 unspecified atom stereocenters. The number of rotatable bonds is 5. The molecule has 3 aliphatic rings. The summed E-state index contributed by atoms with van der Waals surface area (Å²) in [6.07, 6.45) is 3.78. The fourth-order valence-electron chi connectivity index (χ4n) is 5.67. The Morgan fingerprint density at radius 3 is 2.74 bits per heavy atom. The highest BCUT2D eigenvalue weighted by molar-refractivity contribution is 5.95. The quantitative estimate of drug-likeness (QED) is 0.418. The molecule has 39 heavy (non-hydrogen) atoms. The van der Waals surface area contributed by atoms with Gasteiger partial charge in [0.2, 0.25) is 0 Å². The zero-order chi connectivity index (χ0) is 26.5. The van der Waals surface area contributed by atoms with Crippen LogP contribution in [0.2, 0.25) is 0 Å². The Labute approximate surface area is 223 Å². The number of imidazole rings is 1. The molecule has 1 aromatic carbocycles. The molecule has 3 aromatic heterocycles. The zero-order valence-corrected chi connectivity index (χ0v) is 21.7. The Morgan fingerprint density at radius 2 is 1.90 bits per heavy atom. The summed E-state index contributed by atoms with van der Waals surface area (Å²) in [6, 6.07) is 5.03. The summed E-state index contributed by atoms with van der Waals surface area (Å²) in [7, 11) is 0. The molecule has 0 bridgehead atoms. The number of morpholine rings is 2. The second-order valence-electron chi connectivity index (χ2n) is 9.91. The number of halogens is 1. The van der Waals surface area contributed by atoms with E-state index in [1.807, 2.05) is 12.3 Å². The lowest BCUT2D eigenvalue weighted by atomic mass is 10.1. The summed E-state index contributed by atoms with van der Waals surface area (Å²) in [5.41, 5.74) is 3.43. The standard InChI is InChI=1S/C27H29FN8O3/c1-2-35-21(14-33-7-8-36-17(13-33)15-39-16-22(36)37)30-24-26(34-9-11-38-12-10-34)31-25(32-27(24)35)23-18-5-6-29-20(18)4-3-19(23)28/h3-6,13,29H,2,7-12,14-16H2,1H3. The van der Waals surface area contributed by atoms with E-state index < -0.39 is 0 Å². The summed E-state index contributed by atoms with van der Waals surface area (Å²) < 4.78 is 28.4. The van der Waals surface area contributed by atoms with Gasteiger partial charge < -0.3 is 33.7 Å². The van der Waals surface area contributed by atoms with E-state index in [2.05, 4.69) is 26.3 Å². The number of anilines is 1. The fourth-order valence-corrected chi connectivity index (χ4v) is 5.67.